The Morgan fingerprint density at radius 1 is 1.26 bits per heavy atom. The van der Waals surface area contributed by atoms with Crippen molar-refractivity contribution in [1.29, 1.82) is 0 Å². The summed E-state index contributed by atoms with van der Waals surface area (Å²) in [5.41, 5.74) is 2.06. The lowest BCUT2D eigenvalue weighted by molar-refractivity contribution is 0.422. The van der Waals surface area contributed by atoms with E-state index in [4.69, 9.17) is 4.52 Å². The van der Waals surface area contributed by atoms with E-state index in [2.05, 4.69) is 20.1 Å². The van der Waals surface area contributed by atoms with Gasteiger partial charge in [-0.1, -0.05) is 12.1 Å². The van der Waals surface area contributed by atoms with Crippen LogP contribution < -0.4 is 5.56 Å². The minimum absolute atomic E-state index is 0.178. The van der Waals surface area contributed by atoms with Gasteiger partial charge in [0.15, 0.2) is 17.2 Å². The van der Waals surface area contributed by atoms with Crippen molar-refractivity contribution in [2.75, 3.05) is 0 Å². The van der Waals surface area contributed by atoms with Crippen molar-refractivity contribution in [2.24, 2.45) is 0 Å². The minimum atomic E-state index is -0.178. The van der Waals surface area contributed by atoms with Gasteiger partial charge < -0.3 is 4.52 Å². The van der Waals surface area contributed by atoms with E-state index in [1.165, 1.54) is 0 Å². The molecule has 0 radical (unpaired) electrons. The molecular weight excluding hydrogens is 296 g/mol. The number of nitrogens with zero attached hydrogens (tertiary/aromatic N) is 6. The molecule has 0 atom stereocenters. The number of rotatable bonds is 3. The van der Waals surface area contributed by atoms with Crippen LogP contribution in [0.2, 0.25) is 0 Å². The standard InChI is InChI=1S/C15H14N6O2/c1-3-10-18-14(23-19-10)11-12-15(22)20(4-2)13-9(6-5-7-16-13)21(12)8-17-11/h5-8H,3-4H2,1-2H3. The van der Waals surface area contributed by atoms with Gasteiger partial charge in [-0.25, -0.2) is 9.97 Å². The summed E-state index contributed by atoms with van der Waals surface area (Å²) < 4.78 is 8.59. The average Bonchev–Trinajstić information content (AvgIpc) is 3.22. The third-order valence-electron chi connectivity index (χ3n) is 3.80. The molecule has 0 saturated heterocycles. The minimum Gasteiger partial charge on any atom is -0.332 e. The number of aromatic nitrogens is 6. The second-order valence-corrected chi connectivity index (χ2v) is 5.08. The van der Waals surface area contributed by atoms with E-state index >= 15 is 0 Å². The van der Waals surface area contributed by atoms with Gasteiger partial charge in [0.2, 0.25) is 0 Å². The van der Waals surface area contributed by atoms with Crippen LogP contribution in [0.15, 0.2) is 34.0 Å². The molecule has 116 valence electrons. The maximum Gasteiger partial charge on any atom is 0.278 e. The van der Waals surface area contributed by atoms with Gasteiger partial charge in [0.25, 0.3) is 11.4 Å². The van der Waals surface area contributed by atoms with Crippen LogP contribution >= 0.6 is 0 Å². The highest BCUT2D eigenvalue weighted by atomic mass is 16.5. The fraction of sp³-hybridized carbons (Fsp3) is 0.267. The van der Waals surface area contributed by atoms with E-state index < -0.39 is 0 Å². The molecule has 0 aliphatic heterocycles. The summed E-state index contributed by atoms with van der Waals surface area (Å²) in [7, 11) is 0. The predicted molar refractivity (Wildman–Crippen MR) is 83.1 cm³/mol. The fourth-order valence-electron chi connectivity index (χ4n) is 2.69. The molecule has 0 aromatic carbocycles. The first-order valence-corrected chi connectivity index (χ1v) is 7.42. The smallest absolute Gasteiger partial charge is 0.278 e. The van der Waals surface area contributed by atoms with Crippen LogP contribution in [0, 0.1) is 0 Å². The second-order valence-electron chi connectivity index (χ2n) is 5.08. The highest BCUT2D eigenvalue weighted by molar-refractivity contribution is 5.81. The van der Waals surface area contributed by atoms with E-state index in [0.717, 1.165) is 5.52 Å². The number of hydrogen-bond acceptors (Lipinski definition) is 6. The lowest BCUT2D eigenvalue weighted by atomic mass is 10.3. The number of fused-ring (bicyclic) bond motifs is 3. The predicted octanol–water partition coefficient (Wildman–Crippen LogP) is 1.68. The first kappa shape index (κ1) is 13.6. The monoisotopic (exact) mass is 310 g/mol. The summed E-state index contributed by atoms with van der Waals surface area (Å²) >= 11 is 0. The highest BCUT2D eigenvalue weighted by Crippen LogP contribution is 2.22. The maximum absolute atomic E-state index is 12.9. The first-order valence-electron chi connectivity index (χ1n) is 7.42. The van der Waals surface area contributed by atoms with E-state index in [0.29, 0.717) is 35.6 Å². The van der Waals surface area contributed by atoms with Crippen molar-refractivity contribution in [2.45, 2.75) is 26.8 Å². The Morgan fingerprint density at radius 2 is 2.13 bits per heavy atom. The van der Waals surface area contributed by atoms with E-state index in [9.17, 15) is 4.79 Å². The number of hydrogen-bond donors (Lipinski definition) is 0. The third-order valence-corrected chi connectivity index (χ3v) is 3.80. The van der Waals surface area contributed by atoms with E-state index in [-0.39, 0.29) is 11.4 Å². The molecule has 4 heterocycles. The van der Waals surface area contributed by atoms with Crippen molar-refractivity contribution in [3.63, 3.8) is 0 Å². The highest BCUT2D eigenvalue weighted by Gasteiger charge is 2.20. The van der Waals surface area contributed by atoms with Gasteiger partial charge in [0.1, 0.15) is 11.8 Å². The summed E-state index contributed by atoms with van der Waals surface area (Å²) in [6.07, 6.45) is 3.91. The number of imidazole rings is 1. The molecule has 0 bridgehead atoms. The van der Waals surface area contributed by atoms with Crippen LogP contribution in [0.3, 0.4) is 0 Å². The molecule has 8 heteroatoms. The second kappa shape index (κ2) is 5.01. The molecular formula is C15H14N6O2. The van der Waals surface area contributed by atoms with Gasteiger partial charge in [0.05, 0.1) is 5.52 Å². The van der Waals surface area contributed by atoms with Gasteiger partial charge in [0, 0.05) is 19.2 Å². The molecule has 0 fully saturated rings. The van der Waals surface area contributed by atoms with Crippen LogP contribution in [0.1, 0.15) is 19.7 Å². The molecule has 0 unspecified atom stereocenters. The zero-order valence-electron chi connectivity index (χ0n) is 12.7. The van der Waals surface area contributed by atoms with Crippen molar-refractivity contribution in [3.05, 3.63) is 40.8 Å². The van der Waals surface area contributed by atoms with Crippen molar-refractivity contribution in [3.8, 4) is 11.6 Å². The zero-order chi connectivity index (χ0) is 16.0. The Kier molecular flexibility index (Phi) is 2.97. The summed E-state index contributed by atoms with van der Waals surface area (Å²) in [5, 5.41) is 3.88. The molecule has 0 aliphatic rings. The van der Waals surface area contributed by atoms with Gasteiger partial charge in [-0.2, -0.15) is 4.98 Å². The molecule has 4 aromatic rings. The SMILES string of the molecule is CCc1noc(-c2ncn3c2c(=O)n(CC)c2ncccc23)n1. The van der Waals surface area contributed by atoms with Crippen LogP contribution in [0.5, 0.6) is 0 Å². The first-order chi connectivity index (χ1) is 11.2. The van der Waals surface area contributed by atoms with Crippen LogP contribution in [0.4, 0.5) is 0 Å². The van der Waals surface area contributed by atoms with Crippen molar-refractivity contribution >= 4 is 16.7 Å². The average molecular weight is 310 g/mol. The summed E-state index contributed by atoms with van der Waals surface area (Å²) in [6, 6.07) is 3.73. The van der Waals surface area contributed by atoms with Gasteiger partial charge >= 0.3 is 0 Å². The molecule has 0 saturated carbocycles. The Bertz CT molecular complexity index is 1070. The quantitative estimate of drug-likeness (QED) is 0.571. The maximum atomic E-state index is 12.9. The van der Waals surface area contributed by atoms with E-state index in [1.807, 2.05) is 26.0 Å². The van der Waals surface area contributed by atoms with Crippen molar-refractivity contribution < 1.29 is 4.52 Å². The zero-order valence-corrected chi connectivity index (χ0v) is 12.7. The van der Waals surface area contributed by atoms with Gasteiger partial charge in [-0.15, -0.1) is 0 Å². The normalized spacial score (nSPS) is 11.6. The number of pyridine rings is 1. The molecule has 23 heavy (non-hydrogen) atoms. The topological polar surface area (TPSA) is 91.1 Å². The molecule has 0 aliphatic carbocycles. The number of aryl methyl sites for hydroxylation is 2. The van der Waals surface area contributed by atoms with Crippen LogP contribution in [-0.2, 0) is 13.0 Å². The largest absolute Gasteiger partial charge is 0.332 e. The molecule has 8 nitrogen and oxygen atoms in total. The molecule has 4 aromatic heterocycles. The molecule has 4 rings (SSSR count). The Balaban J connectivity index is 2.13. The Morgan fingerprint density at radius 3 is 2.87 bits per heavy atom. The lowest BCUT2D eigenvalue weighted by Crippen LogP contribution is -2.23. The van der Waals surface area contributed by atoms with E-state index in [1.54, 1.807) is 21.5 Å². The molecule has 0 amide bonds. The summed E-state index contributed by atoms with van der Waals surface area (Å²) in [5.74, 6) is 0.840. The van der Waals surface area contributed by atoms with Gasteiger partial charge in [-0.3, -0.25) is 13.8 Å². The lowest BCUT2D eigenvalue weighted by Gasteiger charge is -2.08. The fourth-order valence-corrected chi connectivity index (χ4v) is 2.69. The molecule has 0 N–H and O–H groups in total. The Hall–Kier alpha value is -3.03. The van der Waals surface area contributed by atoms with Crippen LogP contribution in [-0.4, -0.2) is 29.1 Å². The van der Waals surface area contributed by atoms with Gasteiger partial charge in [-0.05, 0) is 19.1 Å². The van der Waals surface area contributed by atoms with Crippen LogP contribution in [0.25, 0.3) is 28.3 Å². The Labute approximate surface area is 130 Å². The molecule has 0 spiro atoms. The van der Waals surface area contributed by atoms with Crippen molar-refractivity contribution in [1.82, 2.24) is 29.1 Å². The third kappa shape index (κ3) is 1.88. The summed E-state index contributed by atoms with van der Waals surface area (Å²) in [4.78, 5) is 25.8. The summed E-state index contributed by atoms with van der Waals surface area (Å²) in [6.45, 7) is 4.35.